The fourth-order valence-electron chi connectivity index (χ4n) is 2.10. The lowest BCUT2D eigenvalue weighted by atomic mass is 10.2. The van der Waals surface area contributed by atoms with Crippen LogP contribution < -0.4 is 10.2 Å². The molecule has 0 saturated heterocycles. The van der Waals surface area contributed by atoms with Crippen LogP contribution in [0.3, 0.4) is 0 Å². The lowest BCUT2D eigenvalue weighted by Gasteiger charge is -2.24. The molecule has 0 saturated carbocycles. The molecular formula is C15H22N4O4. The van der Waals surface area contributed by atoms with E-state index in [-0.39, 0.29) is 23.2 Å². The molecule has 0 unspecified atom stereocenters. The molecule has 0 bridgehead atoms. The van der Waals surface area contributed by atoms with Gasteiger partial charge >= 0.3 is 0 Å². The molecule has 23 heavy (non-hydrogen) atoms. The number of rotatable bonds is 7. The number of nitrogens with one attached hydrogen (secondary N) is 1. The molecule has 1 aromatic rings. The maximum atomic E-state index is 12.4. The monoisotopic (exact) mass is 322 g/mol. The predicted octanol–water partition coefficient (Wildman–Crippen LogP) is 1.86. The number of hydrogen-bond acceptors (Lipinski definition) is 5. The van der Waals surface area contributed by atoms with Gasteiger partial charge < -0.3 is 15.1 Å². The van der Waals surface area contributed by atoms with Crippen molar-refractivity contribution in [1.29, 1.82) is 0 Å². The Morgan fingerprint density at radius 2 is 1.96 bits per heavy atom. The summed E-state index contributed by atoms with van der Waals surface area (Å²) >= 11 is 0. The summed E-state index contributed by atoms with van der Waals surface area (Å²) in [6.07, 6.45) is 0.317. The molecule has 0 fully saturated rings. The Morgan fingerprint density at radius 1 is 1.30 bits per heavy atom. The van der Waals surface area contributed by atoms with E-state index in [1.807, 2.05) is 25.9 Å². The zero-order chi connectivity index (χ0) is 17.6. The zero-order valence-corrected chi connectivity index (χ0v) is 13.8. The Kier molecular flexibility index (Phi) is 6.65. The predicted molar refractivity (Wildman–Crippen MR) is 88.6 cm³/mol. The average molecular weight is 322 g/mol. The lowest BCUT2D eigenvalue weighted by molar-refractivity contribution is -0.384. The fourth-order valence-corrected chi connectivity index (χ4v) is 2.10. The van der Waals surface area contributed by atoms with Gasteiger partial charge in [0, 0.05) is 38.6 Å². The summed E-state index contributed by atoms with van der Waals surface area (Å²) in [4.78, 5) is 37.5. The Balaban J connectivity index is 3.17. The van der Waals surface area contributed by atoms with Crippen LogP contribution in [0.5, 0.6) is 0 Å². The van der Waals surface area contributed by atoms with E-state index in [1.165, 1.54) is 30.0 Å². The Bertz CT molecular complexity index is 601. The number of amides is 2. The second-order valence-electron chi connectivity index (χ2n) is 5.33. The van der Waals surface area contributed by atoms with Crippen molar-refractivity contribution in [2.24, 2.45) is 0 Å². The maximum absolute atomic E-state index is 12.4. The van der Waals surface area contributed by atoms with Gasteiger partial charge in [0.1, 0.15) is 0 Å². The Labute approximate surface area is 135 Å². The van der Waals surface area contributed by atoms with E-state index >= 15 is 0 Å². The van der Waals surface area contributed by atoms with Crippen molar-refractivity contribution in [2.75, 3.05) is 37.4 Å². The minimum Gasteiger partial charge on any atom is -0.324 e. The third-order valence-corrected chi connectivity index (χ3v) is 3.18. The van der Waals surface area contributed by atoms with E-state index in [2.05, 4.69) is 5.32 Å². The van der Waals surface area contributed by atoms with E-state index in [9.17, 15) is 19.7 Å². The van der Waals surface area contributed by atoms with Gasteiger partial charge in [0.2, 0.25) is 11.8 Å². The van der Waals surface area contributed by atoms with E-state index < -0.39 is 4.92 Å². The molecule has 0 aliphatic carbocycles. The molecule has 0 radical (unpaired) electrons. The number of carbonyl (C=O) groups excluding carboxylic acids is 2. The first-order chi connectivity index (χ1) is 10.8. The van der Waals surface area contributed by atoms with Gasteiger partial charge in [-0.2, -0.15) is 0 Å². The van der Waals surface area contributed by atoms with Crippen molar-refractivity contribution < 1.29 is 14.5 Å². The molecule has 1 N–H and O–H groups in total. The SMILES string of the molecule is CCN(C(=O)CCN(C)C)c1ccc([N+](=O)[O-])cc1NC(C)=O. The number of non-ortho nitro benzene ring substituents is 1. The number of nitrogens with zero attached hydrogens (tertiary/aromatic N) is 3. The molecule has 0 aliphatic rings. The summed E-state index contributed by atoms with van der Waals surface area (Å²) in [6, 6.07) is 4.07. The van der Waals surface area contributed by atoms with Gasteiger partial charge in [-0.05, 0) is 27.1 Å². The number of benzene rings is 1. The van der Waals surface area contributed by atoms with Crippen molar-refractivity contribution in [1.82, 2.24) is 4.90 Å². The number of nitro benzene ring substituents is 1. The van der Waals surface area contributed by atoms with Crippen molar-refractivity contribution in [2.45, 2.75) is 20.3 Å². The van der Waals surface area contributed by atoms with E-state index in [1.54, 1.807) is 0 Å². The Hall–Kier alpha value is -2.48. The molecule has 0 heterocycles. The first-order valence-corrected chi connectivity index (χ1v) is 7.27. The van der Waals surface area contributed by atoms with Gasteiger partial charge in [-0.25, -0.2) is 0 Å². The molecule has 0 aliphatic heterocycles. The quantitative estimate of drug-likeness (QED) is 0.610. The molecular weight excluding hydrogens is 300 g/mol. The van der Waals surface area contributed by atoms with Gasteiger partial charge in [-0.15, -0.1) is 0 Å². The van der Waals surface area contributed by atoms with Crippen molar-refractivity contribution in [3.8, 4) is 0 Å². The van der Waals surface area contributed by atoms with E-state index in [0.717, 1.165) is 0 Å². The van der Waals surface area contributed by atoms with Crippen LogP contribution in [0, 0.1) is 10.1 Å². The zero-order valence-electron chi connectivity index (χ0n) is 13.8. The topological polar surface area (TPSA) is 95.8 Å². The first-order valence-electron chi connectivity index (χ1n) is 7.27. The number of carbonyl (C=O) groups is 2. The van der Waals surface area contributed by atoms with Crippen LogP contribution in [0.4, 0.5) is 17.1 Å². The smallest absolute Gasteiger partial charge is 0.271 e. The average Bonchev–Trinajstić information content (AvgIpc) is 2.46. The molecule has 126 valence electrons. The number of hydrogen-bond donors (Lipinski definition) is 1. The fraction of sp³-hybridized carbons (Fsp3) is 0.467. The largest absolute Gasteiger partial charge is 0.324 e. The normalized spacial score (nSPS) is 10.5. The van der Waals surface area contributed by atoms with Crippen LogP contribution in [-0.2, 0) is 9.59 Å². The van der Waals surface area contributed by atoms with Crippen molar-refractivity contribution in [3.05, 3.63) is 28.3 Å². The summed E-state index contributed by atoms with van der Waals surface area (Å²) in [5, 5.41) is 13.5. The van der Waals surface area contributed by atoms with Crippen molar-refractivity contribution in [3.63, 3.8) is 0 Å². The summed E-state index contributed by atoms with van der Waals surface area (Å²) < 4.78 is 0. The molecule has 0 atom stereocenters. The maximum Gasteiger partial charge on any atom is 0.271 e. The van der Waals surface area contributed by atoms with Crippen LogP contribution in [0.2, 0.25) is 0 Å². The highest BCUT2D eigenvalue weighted by Crippen LogP contribution is 2.30. The second kappa shape index (κ2) is 8.23. The highest BCUT2D eigenvalue weighted by atomic mass is 16.6. The first kappa shape index (κ1) is 18.6. The minimum atomic E-state index is -0.542. The lowest BCUT2D eigenvalue weighted by Crippen LogP contribution is -2.33. The van der Waals surface area contributed by atoms with Crippen molar-refractivity contribution >= 4 is 28.9 Å². The van der Waals surface area contributed by atoms with Crippen LogP contribution in [0.1, 0.15) is 20.3 Å². The molecule has 0 aromatic heterocycles. The molecule has 2 amide bonds. The van der Waals surface area contributed by atoms with E-state index in [0.29, 0.717) is 25.2 Å². The van der Waals surface area contributed by atoms with E-state index in [4.69, 9.17) is 0 Å². The number of nitro groups is 1. The molecule has 8 nitrogen and oxygen atoms in total. The molecule has 0 spiro atoms. The third-order valence-electron chi connectivity index (χ3n) is 3.18. The molecule has 1 aromatic carbocycles. The van der Waals surface area contributed by atoms with Gasteiger partial charge in [-0.3, -0.25) is 19.7 Å². The highest BCUT2D eigenvalue weighted by Gasteiger charge is 2.20. The standard InChI is InChI=1S/C15H22N4O4/c1-5-18(15(21)8-9-17(3)4)14-7-6-12(19(22)23)10-13(14)16-11(2)20/h6-7,10H,5,8-9H2,1-4H3,(H,16,20). The summed E-state index contributed by atoms with van der Waals surface area (Å²) in [5.74, 6) is -0.467. The van der Waals surface area contributed by atoms with Gasteiger partial charge in [0.05, 0.1) is 16.3 Å². The van der Waals surface area contributed by atoms with Crippen LogP contribution >= 0.6 is 0 Å². The van der Waals surface area contributed by atoms with Crippen LogP contribution in [0.25, 0.3) is 0 Å². The van der Waals surface area contributed by atoms with Gasteiger partial charge in [-0.1, -0.05) is 0 Å². The van der Waals surface area contributed by atoms with Crippen LogP contribution in [-0.4, -0.2) is 48.8 Å². The molecule has 1 rings (SSSR count). The molecule has 8 heteroatoms. The summed E-state index contributed by atoms with van der Waals surface area (Å²) in [5.41, 5.74) is 0.568. The van der Waals surface area contributed by atoms with Crippen LogP contribution in [0.15, 0.2) is 18.2 Å². The number of anilines is 2. The minimum absolute atomic E-state index is 0.110. The second-order valence-corrected chi connectivity index (χ2v) is 5.33. The highest BCUT2D eigenvalue weighted by molar-refractivity contribution is 6.01. The third kappa shape index (κ3) is 5.33. The van der Waals surface area contributed by atoms with Gasteiger partial charge in [0.15, 0.2) is 0 Å². The Morgan fingerprint density at radius 3 is 2.43 bits per heavy atom. The van der Waals surface area contributed by atoms with Gasteiger partial charge in [0.25, 0.3) is 5.69 Å². The summed E-state index contributed by atoms with van der Waals surface area (Å²) in [7, 11) is 3.75. The summed E-state index contributed by atoms with van der Waals surface area (Å²) in [6.45, 7) is 4.12.